The van der Waals surface area contributed by atoms with Crippen LogP contribution in [0.2, 0.25) is 5.02 Å². The van der Waals surface area contributed by atoms with Gasteiger partial charge < -0.3 is 5.32 Å². The Morgan fingerprint density at radius 3 is 2.58 bits per heavy atom. The molecular weight excluding hydrogens is 350 g/mol. The first-order valence-corrected chi connectivity index (χ1v) is 8.81. The minimum Gasteiger partial charge on any atom is -0.324 e. The number of aromatic nitrogens is 3. The Bertz CT molecular complexity index is 972. The molecule has 3 aromatic rings. The zero-order chi connectivity index (χ0) is 18.5. The third kappa shape index (κ3) is 4.01. The highest BCUT2D eigenvalue weighted by atomic mass is 35.5. The van der Waals surface area contributed by atoms with E-state index >= 15 is 0 Å². The molecule has 0 atom stereocenters. The standard InChI is InChI=1S/C19H18ClN5O/c1-2-3-4-13-5-7-14(8-6-13)25-23-17-11-15(20)16(12-18(17)24-25)22-19(26)9-10-21/h5-8,11-12H,2-4,9H2,1H3,(H,22,26). The smallest absolute Gasteiger partial charge is 0.238 e. The number of fused-ring (bicyclic) bond motifs is 1. The number of halogens is 1. The zero-order valence-corrected chi connectivity index (χ0v) is 15.1. The number of nitrogens with one attached hydrogen (secondary N) is 1. The highest BCUT2D eigenvalue weighted by Gasteiger charge is 2.11. The van der Waals surface area contributed by atoms with Gasteiger partial charge in [-0.15, -0.1) is 10.2 Å². The minimum atomic E-state index is -0.413. The van der Waals surface area contributed by atoms with E-state index in [4.69, 9.17) is 16.9 Å². The maximum Gasteiger partial charge on any atom is 0.238 e. The highest BCUT2D eigenvalue weighted by molar-refractivity contribution is 6.34. The van der Waals surface area contributed by atoms with Crippen LogP contribution in [-0.2, 0) is 11.2 Å². The lowest BCUT2D eigenvalue weighted by molar-refractivity contribution is -0.115. The van der Waals surface area contributed by atoms with Crippen LogP contribution in [0.15, 0.2) is 36.4 Å². The highest BCUT2D eigenvalue weighted by Crippen LogP contribution is 2.27. The van der Waals surface area contributed by atoms with Crippen molar-refractivity contribution < 1.29 is 4.79 Å². The number of carbonyl (C=O) groups excluding carboxylic acids is 1. The molecule has 7 heteroatoms. The quantitative estimate of drug-likeness (QED) is 0.705. The Morgan fingerprint density at radius 1 is 1.23 bits per heavy atom. The molecule has 0 aliphatic heterocycles. The Balaban J connectivity index is 1.87. The number of rotatable bonds is 6. The molecular formula is C19H18ClN5O. The number of nitrogens with zero attached hydrogens (tertiary/aromatic N) is 4. The van der Waals surface area contributed by atoms with E-state index in [1.165, 1.54) is 18.4 Å². The first-order valence-electron chi connectivity index (χ1n) is 8.43. The van der Waals surface area contributed by atoms with Gasteiger partial charge >= 0.3 is 0 Å². The first kappa shape index (κ1) is 17.9. The van der Waals surface area contributed by atoms with Gasteiger partial charge in [0.25, 0.3) is 0 Å². The zero-order valence-electron chi connectivity index (χ0n) is 14.4. The fourth-order valence-corrected chi connectivity index (χ4v) is 2.80. The molecule has 2 aromatic carbocycles. The second kappa shape index (κ2) is 7.98. The van der Waals surface area contributed by atoms with E-state index < -0.39 is 5.91 Å². The molecule has 1 amide bonds. The molecule has 0 unspecified atom stereocenters. The molecule has 6 nitrogen and oxygen atoms in total. The lowest BCUT2D eigenvalue weighted by Gasteiger charge is -2.04. The number of unbranched alkanes of at least 4 members (excludes halogenated alkanes) is 1. The Labute approximate surface area is 156 Å². The van der Waals surface area contributed by atoms with E-state index in [0.717, 1.165) is 12.1 Å². The Kier molecular flexibility index (Phi) is 5.49. The van der Waals surface area contributed by atoms with Crippen molar-refractivity contribution in [1.29, 1.82) is 5.26 Å². The molecule has 0 aliphatic carbocycles. The summed E-state index contributed by atoms with van der Waals surface area (Å²) >= 11 is 6.20. The van der Waals surface area contributed by atoms with Crippen molar-refractivity contribution in [3.05, 3.63) is 47.0 Å². The number of nitriles is 1. The third-order valence-electron chi connectivity index (χ3n) is 3.97. The lowest BCUT2D eigenvalue weighted by Crippen LogP contribution is -2.10. The van der Waals surface area contributed by atoms with Crippen molar-refractivity contribution in [2.45, 2.75) is 32.6 Å². The number of carbonyl (C=O) groups is 1. The second-order valence-corrected chi connectivity index (χ2v) is 6.37. The third-order valence-corrected chi connectivity index (χ3v) is 4.28. The molecule has 0 radical (unpaired) electrons. The van der Waals surface area contributed by atoms with Crippen molar-refractivity contribution in [3.63, 3.8) is 0 Å². The van der Waals surface area contributed by atoms with Crippen molar-refractivity contribution in [2.24, 2.45) is 0 Å². The van der Waals surface area contributed by atoms with Crippen LogP contribution < -0.4 is 5.32 Å². The molecule has 132 valence electrons. The van der Waals surface area contributed by atoms with E-state index in [9.17, 15) is 4.79 Å². The van der Waals surface area contributed by atoms with E-state index in [2.05, 4.69) is 34.6 Å². The van der Waals surface area contributed by atoms with Crippen LogP contribution in [0.4, 0.5) is 5.69 Å². The Hall–Kier alpha value is -2.91. The molecule has 1 heterocycles. The van der Waals surface area contributed by atoms with E-state index in [1.54, 1.807) is 23.0 Å². The predicted octanol–water partition coefficient (Wildman–Crippen LogP) is 4.27. The topological polar surface area (TPSA) is 83.6 Å². The molecule has 0 spiro atoms. The summed E-state index contributed by atoms with van der Waals surface area (Å²) in [5, 5.41) is 20.5. The Morgan fingerprint density at radius 2 is 1.92 bits per heavy atom. The summed E-state index contributed by atoms with van der Waals surface area (Å²) in [5.74, 6) is -0.413. The number of benzene rings is 2. The van der Waals surface area contributed by atoms with Crippen LogP contribution in [-0.4, -0.2) is 20.9 Å². The van der Waals surface area contributed by atoms with Gasteiger partial charge in [0.05, 0.1) is 22.5 Å². The van der Waals surface area contributed by atoms with Gasteiger partial charge in [-0.2, -0.15) is 10.1 Å². The van der Waals surface area contributed by atoms with Crippen LogP contribution in [0.5, 0.6) is 0 Å². The summed E-state index contributed by atoms with van der Waals surface area (Å²) in [6.45, 7) is 2.18. The van der Waals surface area contributed by atoms with Crippen LogP contribution in [0.3, 0.4) is 0 Å². The van der Waals surface area contributed by atoms with Crippen molar-refractivity contribution in [3.8, 4) is 11.8 Å². The van der Waals surface area contributed by atoms with Gasteiger partial charge in [-0.25, -0.2) is 0 Å². The van der Waals surface area contributed by atoms with E-state index in [-0.39, 0.29) is 6.42 Å². The van der Waals surface area contributed by atoms with Gasteiger partial charge in [-0.3, -0.25) is 4.79 Å². The molecule has 0 aliphatic rings. The van der Waals surface area contributed by atoms with Gasteiger partial charge in [-0.05, 0) is 42.7 Å². The predicted molar refractivity (Wildman–Crippen MR) is 101 cm³/mol. The largest absolute Gasteiger partial charge is 0.324 e. The molecule has 0 saturated carbocycles. The maximum atomic E-state index is 11.6. The number of anilines is 1. The van der Waals surface area contributed by atoms with Gasteiger partial charge in [0.2, 0.25) is 5.91 Å². The summed E-state index contributed by atoms with van der Waals surface area (Å²) < 4.78 is 0. The number of amides is 1. The fourth-order valence-electron chi connectivity index (χ4n) is 2.59. The van der Waals surface area contributed by atoms with Crippen molar-refractivity contribution >= 4 is 34.2 Å². The molecule has 1 N–H and O–H groups in total. The van der Waals surface area contributed by atoms with Gasteiger partial charge in [-0.1, -0.05) is 37.1 Å². The van der Waals surface area contributed by atoms with Crippen LogP contribution in [0, 0.1) is 11.3 Å². The molecule has 0 fully saturated rings. The van der Waals surface area contributed by atoms with Crippen molar-refractivity contribution in [2.75, 3.05) is 5.32 Å². The fraction of sp³-hybridized carbons (Fsp3) is 0.263. The summed E-state index contributed by atoms with van der Waals surface area (Å²) in [5.41, 5.74) is 3.80. The summed E-state index contributed by atoms with van der Waals surface area (Å²) in [4.78, 5) is 13.1. The van der Waals surface area contributed by atoms with Crippen LogP contribution in [0.25, 0.3) is 16.7 Å². The number of aryl methyl sites for hydroxylation is 1. The summed E-state index contributed by atoms with van der Waals surface area (Å²) in [6, 6.07) is 13.2. The maximum absolute atomic E-state index is 11.6. The van der Waals surface area contributed by atoms with Gasteiger partial charge in [0, 0.05) is 0 Å². The molecule has 3 rings (SSSR count). The average Bonchev–Trinajstić information content (AvgIpc) is 3.03. The lowest BCUT2D eigenvalue weighted by atomic mass is 10.1. The van der Waals surface area contributed by atoms with Gasteiger partial charge in [0.15, 0.2) is 0 Å². The van der Waals surface area contributed by atoms with Crippen molar-refractivity contribution in [1.82, 2.24) is 15.0 Å². The van der Waals surface area contributed by atoms with Crippen LogP contribution in [0.1, 0.15) is 31.7 Å². The molecule has 0 bridgehead atoms. The average molecular weight is 368 g/mol. The molecule has 1 aromatic heterocycles. The monoisotopic (exact) mass is 367 g/mol. The van der Waals surface area contributed by atoms with Gasteiger partial charge in [0.1, 0.15) is 17.5 Å². The number of hydrogen-bond donors (Lipinski definition) is 1. The molecule has 0 saturated heterocycles. The van der Waals surface area contributed by atoms with E-state index in [0.29, 0.717) is 21.7 Å². The minimum absolute atomic E-state index is 0.231. The SMILES string of the molecule is CCCCc1ccc(-n2nc3cc(Cl)c(NC(=O)CC#N)cc3n2)cc1. The summed E-state index contributed by atoms with van der Waals surface area (Å²) in [6.07, 6.45) is 3.17. The second-order valence-electron chi connectivity index (χ2n) is 5.96. The normalized spacial score (nSPS) is 10.7. The van der Waals surface area contributed by atoms with Crippen LogP contribution >= 0.6 is 11.6 Å². The number of hydrogen-bond acceptors (Lipinski definition) is 4. The summed E-state index contributed by atoms with van der Waals surface area (Å²) in [7, 11) is 0. The molecule has 26 heavy (non-hydrogen) atoms. The van der Waals surface area contributed by atoms with E-state index in [1.807, 2.05) is 12.1 Å². The first-order chi connectivity index (χ1) is 12.6.